The lowest BCUT2D eigenvalue weighted by Gasteiger charge is -2.49. The number of thiazole rings is 1. The molecule has 3 aromatic heterocycles. The van der Waals surface area contributed by atoms with E-state index in [-0.39, 0.29) is 28.8 Å². The van der Waals surface area contributed by atoms with E-state index < -0.39 is 29.2 Å². The van der Waals surface area contributed by atoms with Gasteiger partial charge in [-0.3, -0.25) is 14.5 Å². The molecule has 2 aliphatic heterocycles. The minimum absolute atomic E-state index is 0.0909. The molecule has 4 aromatic rings. The number of nitrogen functional groups attached to an aromatic ring is 1. The number of pyridine rings is 1. The van der Waals surface area contributed by atoms with E-state index in [4.69, 9.17) is 15.3 Å². The first-order valence-electron chi connectivity index (χ1n) is 13.0. The largest absolute Gasteiger partial charge is 0.481 e. The number of hydrogen-bond donors (Lipinski definition) is 3. The minimum Gasteiger partial charge on any atom is -0.481 e. The molecule has 15 heteroatoms. The van der Waals surface area contributed by atoms with Crippen LogP contribution < -0.4 is 20.4 Å². The number of hydrogen-bond acceptors (Lipinski definition) is 10. The number of aromatic nitrogens is 3. The van der Waals surface area contributed by atoms with Crippen LogP contribution in [-0.4, -0.2) is 67.2 Å². The van der Waals surface area contributed by atoms with E-state index in [9.17, 15) is 19.5 Å². The first-order valence-corrected chi connectivity index (χ1v) is 15.0. The summed E-state index contributed by atoms with van der Waals surface area (Å²) in [6, 6.07) is 12.6. The molecule has 6 rings (SSSR count). The first-order chi connectivity index (χ1) is 20.9. The highest BCUT2D eigenvalue weighted by molar-refractivity contribution is 8.00. The van der Waals surface area contributed by atoms with Crippen molar-refractivity contribution in [2.45, 2.75) is 24.6 Å². The summed E-state index contributed by atoms with van der Waals surface area (Å²) < 4.78 is 9.94. The molecule has 0 unspecified atom stereocenters. The lowest BCUT2D eigenvalue weighted by molar-refractivity contribution is -0.662. The Morgan fingerprint density at radius 2 is 2.05 bits per heavy atom. The lowest BCUT2D eigenvalue weighted by Crippen LogP contribution is -2.71. The summed E-state index contributed by atoms with van der Waals surface area (Å²) in [5.41, 5.74) is 7.99. The van der Waals surface area contributed by atoms with E-state index in [2.05, 4.69) is 15.5 Å². The molecule has 4 N–H and O–H groups in total. The Hall–Kier alpha value is -4.89. The monoisotopic (exact) mass is 620 g/mol. The molecule has 0 radical (unpaired) electrons. The summed E-state index contributed by atoms with van der Waals surface area (Å²) in [6.45, 7) is 0.592. The molecule has 0 saturated carbocycles. The van der Waals surface area contributed by atoms with E-state index in [0.29, 0.717) is 23.7 Å². The van der Waals surface area contributed by atoms with Crippen LogP contribution in [0.25, 0.3) is 5.65 Å². The topological polar surface area (TPSA) is 165 Å². The Kier molecular flexibility index (Phi) is 7.73. The quantitative estimate of drug-likeness (QED) is 0.103. The number of fused-ring (bicyclic) bond motifs is 2. The van der Waals surface area contributed by atoms with Crippen LogP contribution in [0.1, 0.15) is 11.3 Å². The molecule has 43 heavy (non-hydrogen) atoms. The maximum atomic E-state index is 13.3. The van der Waals surface area contributed by atoms with Gasteiger partial charge in [0.15, 0.2) is 10.8 Å². The zero-order valence-electron chi connectivity index (χ0n) is 22.7. The maximum absolute atomic E-state index is 13.3. The second-order valence-corrected chi connectivity index (χ2v) is 11.6. The molecule has 0 bridgehead atoms. The van der Waals surface area contributed by atoms with Gasteiger partial charge >= 0.3 is 11.6 Å². The Balaban J connectivity index is 1.23. The molecule has 5 heterocycles. The van der Waals surface area contributed by atoms with Crippen LogP contribution in [0.2, 0.25) is 0 Å². The molecule has 1 saturated heterocycles. The number of aliphatic carboxylic acids is 1. The number of anilines is 1. The summed E-state index contributed by atoms with van der Waals surface area (Å²) in [4.78, 5) is 48.9. The number of carbonyl (C=O) groups excluding carboxylic acids is 2. The molecular weight excluding hydrogens is 594 g/mol. The molecular formula is C28H26N7O6S2+. The summed E-state index contributed by atoms with van der Waals surface area (Å²) in [5.74, 6) is -1.47. The van der Waals surface area contributed by atoms with Crippen LogP contribution in [0.5, 0.6) is 5.75 Å². The summed E-state index contributed by atoms with van der Waals surface area (Å²) >= 11 is 2.50. The van der Waals surface area contributed by atoms with E-state index in [1.54, 1.807) is 5.38 Å². The van der Waals surface area contributed by atoms with Gasteiger partial charge in [-0.2, -0.15) is 4.40 Å². The number of carbonyl (C=O) groups is 3. The van der Waals surface area contributed by atoms with Crippen LogP contribution in [0.3, 0.4) is 0 Å². The van der Waals surface area contributed by atoms with Gasteiger partial charge in [-0.05, 0) is 17.7 Å². The lowest BCUT2D eigenvalue weighted by atomic mass is 10.0. The van der Waals surface area contributed by atoms with Crippen molar-refractivity contribution in [2.75, 3.05) is 18.6 Å². The average Bonchev–Trinajstić information content (AvgIpc) is 3.63. The van der Waals surface area contributed by atoms with Gasteiger partial charge in [0.25, 0.3) is 11.8 Å². The van der Waals surface area contributed by atoms with Gasteiger partial charge in [0, 0.05) is 16.7 Å². The fraction of sp³-hybridized carbons (Fsp3) is 0.214. The number of β-lactam (4-membered cyclic amide) rings is 1. The van der Waals surface area contributed by atoms with Crippen molar-refractivity contribution in [3.63, 3.8) is 0 Å². The number of nitrogens with two attached hydrogens (primary N) is 1. The highest BCUT2D eigenvalue weighted by atomic mass is 32.2. The van der Waals surface area contributed by atoms with Crippen molar-refractivity contribution < 1.29 is 33.6 Å². The third-order valence-electron chi connectivity index (χ3n) is 6.94. The van der Waals surface area contributed by atoms with Gasteiger partial charge in [0.05, 0.1) is 6.20 Å². The van der Waals surface area contributed by atoms with Gasteiger partial charge in [-0.15, -0.1) is 23.1 Å². The highest BCUT2D eigenvalue weighted by Crippen LogP contribution is 2.40. The summed E-state index contributed by atoms with van der Waals surface area (Å²) in [7, 11) is 1.28. The second-order valence-electron chi connectivity index (χ2n) is 9.62. The van der Waals surface area contributed by atoms with Crippen molar-refractivity contribution in [3.8, 4) is 5.75 Å². The van der Waals surface area contributed by atoms with E-state index in [0.717, 1.165) is 22.5 Å². The SMILES string of the molecule is CO/N=C(\C(=O)N[C@@H]1C(=O)N2C(C(=O)O)=C(C[n+]3ccn4cccc(OCc5ccccc5)c43)CS[C@H]12)c1csc(N)n1. The van der Waals surface area contributed by atoms with E-state index >= 15 is 0 Å². The normalized spacial score (nSPS) is 18.3. The zero-order valence-corrected chi connectivity index (χ0v) is 24.4. The van der Waals surface area contributed by atoms with Gasteiger partial charge in [0.1, 0.15) is 55.5 Å². The molecule has 220 valence electrons. The Bertz CT molecular complexity index is 1780. The number of benzene rings is 1. The molecule has 2 atom stereocenters. The number of nitrogens with one attached hydrogen (secondary N) is 1. The van der Waals surface area contributed by atoms with Gasteiger partial charge in [-0.1, -0.05) is 35.5 Å². The molecule has 0 aliphatic carbocycles. The molecule has 2 amide bonds. The van der Waals surface area contributed by atoms with Gasteiger partial charge in [0.2, 0.25) is 5.75 Å². The number of rotatable bonds is 10. The van der Waals surface area contributed by atoms with Crippen molar-refractivity contribution in [3.05, 3.63) is 89.0 Å². The molecule has 1 fully saturated rings. The molecule has 1 aromatic carbocycles. The van der Waals surface area contributed by atoms with Crippen LogP contribution in [-0.2, 0) is 32.4 Å². The second kappa shape index (κ2) is 11.8. The van der Waals surface area contributed by atoms with Crippen molar-refractivity contribution in [2.24, 2.45) is 5.16 Å². The fourth-order valence-electron chi connectivity index (χ4n) is 5.02. The Morgan fingerprint density at radius 3 is 2.77 bits per heavy atom. The number of carboxylic acid groups (broad SMARTS) is 1. The molecule has 13 nitrogen and oxygen atoms in total. The number of amides is 2. The highest BCUT2D eigenvalue weighted by Gasteiger charge is 2.54. The Morgan fingerprint density at radius 1 is 1.23 bits per heavy atom. The van der Waals surface area contributed by atoms with Gasteiger partial charge in [-0.25, -0.2) is 14.3 Å². The predicted octanol–water partition coefficient (Wildman–Crippen LogP) is 1.63. The standard InChI is InChI=1S/C28H25N7O6S2/c1-40-32-20(18-15-43-28(29)30-18)23(36)31-21-25(37)35-22(27(38)39)17(14-42-26(21)35)12-34-11-10-33-9-5-8-19(24(33)34)41-13-16-6-3-2-4-7-16/h2-11,15,21,26H,12-14H2,1H3,(H3-,29,30,31,36,38,39)/p+1/b32-20-/t21-,26-/m1/s1. The van der Waals surface area contributed by atoms with E-state index in [1.807, 2.05) is 70.0 Å². The van der Waals surface area contributed by atoms with Gasteiger partial charge < -0.3 is 25.7 Å². The number of nitrogens with zero attached hydrogens (tertiary/aromatic N) is 5. The maximum Gasteiger partial charge on any atom is 0.352 e. The average molecular weight is 621 g/mol. The molecule has 2 aliphatic rings. The number of oxime groups is 1. The Labute approximate surface area is 253 Å². The number of imidazole rings is 1. The first kappa shape index (κ1) is 28.2. The van der Waals surface area contributed by atoms with Crippen LogP contribution in [0.4, 0.5) is 5.13 Å². The summed E-state index contributed by atoms with van der Waals surface area (Å²) in [5, 5.41) is 17.8. The predicted molar refractivity (Wildman–Crippen MR) is 158 cm³/mol. The number of carboxylic acids is 1. The third kappa shape index (κ3) is 5.39. The zero-order chi connectivity index (χ0) is 30.1. The van der Waals surface area contributed by atoms with Crippen molar-refractivity contribution in [1.82, 2.24) is 19.6 Å². The number of thioether (sulfide) groups is 1. The van der Waals surface area contributed by atoms with Crippen LogP contribution >= 0.6 is 23.1 Å². The summed E-state index contributed by atoms with van der Waals surface area (Å²) in [6.07, 6.45) is 5.59. The number of ether oxygens (including phenoxy) is 1. The van der Waals surface area contributed by atoms with Crippen molar-refractivity contribution >= 4 is 57.4 Å². The van der Waals surface area contributed by atoms with E-state index in [1.165, 1.54) is 23.8 Å². The van der Waals surface area contributed by atoms with Crippen LogP contribution in [0.15, 0.2) is 82.9 Å². The minimum atomic E-state index is -1.22. The smallest absolute Gasteiger partial charge is 0.352 e. The van der Waals surface area contributed by atoms with Crippen LogP contribution in [0, 0.1) is 0 Å². The molecule has 0 spiro atoms. The van der Waals surface area contributed by atoms with Crippen molar-refractivity contribution in [1.29, 1.82) is 0 Å². The fourth-order valence-corrected chi connectivity index (χ4v) is 6.90. The third-order valence-corrected chi connectivity index (χ3v) is 8.95.